The lowest BCUT2D eigenvalue weighted by Gasteiger charge is -2.12. The second-order valence-corrected chi connectivity index (χ2v) is 4.09. The third kappa shape index (κ3) is 2.68. The number of methoxy groups -OCH3 is 1. The third-order valence-electron chi connectivity index (χ3n) is 2.83. The Balaban J connectivity index is 2.52. The maximum Gasteiger partial charge on any atom is 0.419 e. The van der Waals surface area contributed by atoms with Crippen LogP contribution < -0.4 is 0 Å². The summed E-state index contributed by atoms with van der Waals surface area (Å²) in [6.07, 6.45) is -4.64. The molecule has 1 heterocycles. The van der Waals surface area contributed by atoms with Crippen LogP contribution in [0.25, 0.3) is 11.1 Å². The number of rotatable bonds is 3. The van der Waals surface area contributed by atoms with Gasteiger partial charge in [0.05, 0.1) is 11.3 Å². The maximum absolute atomic E-state index is 13.2. The summed E-state index contributed by atoms with van der Waals surface area (Å²) >= 11 is 0. The van der Waals surface area contributed by atoms with Gasteiger partial charge in [0.25, 0.3) is 0 Å². The van der Waals surface area contributed by atoms with Gasteiger partial charge in [-0.1, -0.05) is 6.07 Å². The molecule has 2 aromatic rings. The summed E-state index contributed by atoms with van der Waals surface area (Å²) in [5, 5.41) is 9.59. The van der Waals surface area contributed by atoms with Crippen LogP contribution >= 0.6 is 0 Å². The molecule has 0 amide bonds. The number of aliphatic hydroxyl groups excluding tert-OH is 1. The summed E-state index contributed by atoms with van der Waals surface area (Å²) in [5.74, 6) is -1.34. The second-order valence-electron chi connectivity index (χ2n) is 4.09. The van der Waals surface area contributed by atoms with Crippen molar-refractivity contribution in [2.24, 2.45) is 0 Å². The average Bonchev–Trinajstić information content (AvgIpc) is 2.86. The zero-order valence-electron chi connectivity index (χ0n) is 10.3. The third-order valence-corrected chi connectivity index (χ3v) is 2.83. The van der Waals surface area contributed by atoms with Crippen molar-refractivity contribution in [2.45, 2.75) is 12.5 Å². The lowest BCUT2D eigenvalue weighted by Crippen LogP contribution is -2.08. The van der Waals surface area contributed by atoms with Gasteiger partial charge < -0.3 is 14.8 Å². The Labute approximate surface area is 111 Å². The first-order valence-electron chi connectivity index (χ1n) is 5.60. The van der Waals surface area contributed by atoms with Crippen molar-refractivity contribution in [3.05, 3.63) is 47.5 Å². The quantitative estimate of drug-likeness (QED) is 0.671. The van der Waals surface area contributed by atoms with Crippen LogP contribution in [0.15, 0.2) is 30.5 Å². The molecular formula is C13H11F4NO2. The first kappa shape index (κ1) is 14.5. The highest BCUT2D eigenvalue weighted by molar-refractivity contribution is 5.67. The average molecular weight is 289 g/mol. The summed E-state index contributed by atoms with van der Waals surface area (Å²) in [5.41, 5.74) is -0.711. The molecule has 2 N–H and O–H groups in total. The molecule has 0 spiro atoms. The van der Waals surface area contributed by atoms with Gasteiger partial charge in [0, 0.05) is 18.9 Å². The molecule has 0 radical (unpaired) electrons. The smallest absolute Gasteiger partial charge is 0.363 e. The number of hydrogen-bond donors (Lipinski definition) is 2. The summed E-state index contributed by atoms with van der Waals surface area (Å²) < 4.78 is 56.0. The minimum atomic E-state index is -4.78. The number of hydrogen-bond acceptors (Lipinski definition) is 2. The van der Waals surface area contributed by atoms with Crippen LogP contribution in [0.3, 0.4) is 0 Å². The number of aromatic amines is 1. The van der Waals surface area contributed by atoms with E-state index in [0.717, 1.165) is 6.07 Å². The van der Waals surface area contributed by atoms with E-state index in [1.54, 1.807) is 0 Å². The van der Waals surface area contributed by atoms with E-state index in [0.29, 0.717) is 11.6 Å². The number of alkyl halides is 3. The molecule has 1 atom stereocenters. The molecule has 0 bridgehead atoms. The van der Waals surface area contributed by atoms with E-state index in [4.69, 9.17) is 4.74 Å². The number of benzene rings is 1. The Hall–Kier alpha value is -1.86. The molecule has 0 fully saturated rings. The van der Waals surface area contributed by atoms with Crippen LogP contribution in [0.1, 0.15) is 17.5 Å². The summed E-state index contributed by atoms with van der Waals surface area (Å²) in [6.45, 7) is 0. The van der Waals surface area contributed by atoms with Crippen molar-refractivity contribution in [1.29, 1.82) is 0 Å². The van der Waals surface area contributed by atoms with Crippen LogP contribution in [-0.4, -0.2) is 17.2 Å². The highest BCUT2D eigenvalue weighted by Crippen LogP contribution is 2.35. The molecule has 20 heavy (non-hydrogen) atoms. The van der Waals surface area contributed by atoms with E-state index in [-0.39, 0.29) is 11.3 Å². The minimum Gasteiger partial charge on any atom is -0.363 e. The molecule has 1 unspecified atom stereocenters. The van der Waals surface area contributed by atoms with E-state index in [2.05, 4.69) is 4.98 Å². The summed E-state index contributed by atoms with van der Waals surface area (Å²) in [4.78, 5) is 2.68. The van der Waals surface area contributed by atoms with E-state index < -0.39 is 23.8 Å². The van der Waals surface area contributed by atoms with Gasteiger partial charge in [-0.15, -0.1) is 0 Å². The van der Waals surface area contributed by atoms with Crippen LogP contribution in [0, 0.1) is 5.82 Å². The Morgan fingerprint density at radius 3 is 2.55 bits per heavy atom. The molecule has 3 nitrogen and oxygen atoms in total. The van der Waals surface area contributed by atoms with Gasteiger partial charge in [-0.2, -0.15) is 13.2 Å². The largest absolute Gasteiger partial charge is 0.419 e. The molecule has 0 aliphatic rings. The molecule has 0 saturated heterocycles. The topological polar surface area (TPSA) is 45.2 Å². The maximum atomic E-state index is 13.2. The van der Waals surface area contributed by atoms with Crippen LogP contribution in [0.4, 0.5) is 17.6 Å². The Morgan fingerprint density at radius 2 is 1.95 bits per heavy atom. The van der Waals surface area contributed by atoms with Gasteiger partial charge in [0.15, 0.2) is 6.29 Å². The number of ether oxygens (including phenoxy) is 1. The van der Waals surface area contributed by atoms with Crippen molar-refractivity contribution in [2.75, 3.05) is 7.11 Å². The van der Waals surface area contributed by atoms with Crippen molar-refractivity contribution >= 4 is 0 Å². The van der Waals surface area contributed by atoms with Crippen molar-refractivity contribution in [3.8, 4) is 11.1 Å². The van der Waals surface area contributed by atoms with E-state index in [1.165, 1.54) is 25.4 Å². The first-order valence-corrected chi connectivity index (χ1v) is 5.60. The number of nitrogens with one attached hydrogen (secondary N) is 1. The van der Waals surface area contributed by atoms with Gasteiger partial charge in [0.1, 0.15) is 5.82 Å². The molecule has 2 rings (SSSR count). The molecule has 7 heteroatoms. The van der Waals surface area contributed by atoms with Gasteiger partial charge in [0.2, 0.25) is 0 Å². The molecule has 0 aliphatic heterocycles. The molecule has 108 valence electrons. The van der Waals surface area contributed by atoms with Gasteiger partial charge >= 0.3 is 6.18 Å². The molecule has 1 aromatic heterocycles. The monoisotopic (exact) mass is 289 g/mol. The zero-order chi connectivity index (χ0) is 14.9. The Kier molecular flexibility index (Phi) is 3.82. The fraction of sp³-hybridized carbons (Fsp3) is 0.231. The Morgan fingerprint density at radius 1 is 1.25 bits per heavy atom. The van der Waals surface area contributed by atoms with E-state index >= 15 is 0 Å². The normalized spacial score (nSPS) is 13.5. The standard InChI is InChI=1S/C13H11F4NO2/c1-20-12(19)11-8(4-5-18-11)7-2-3-10(14)9(6-7)13(15,16)17/h2-6,12,18-19H,1H3. The molecule has 0 saturated carbocycles. The lowest BCUT2D eigenvalue weighted by molar-refractivity contribution is -0.139. The fourth-order valence-electron chi connectivity index (χ4n) is 1.87. The minimum absolute atomic E-state index is 0.131. The van der Waals surface area contributed by atoms with Crippen molar-refractivity contribution < 1.29 is 27.4 Å². The zero-order valence-corrected chi connectivity index (χ0v) is 10.3. The number of halogens is 4. The summed E-state index contributed by atoms with van der Waals surface area (Å²) in [7, 11) is 1.25. The lowest BCUT2D eigenvalue weighted by atomic mass is 10.0. The molecular weight excluding hydrogens is 278 g/mol. The number of aromatic nitrogens is 1. The number of aliphatic hydroxyl groups is 1. The molecule has 1 aromatic carbocycles. The van der Waals surface area contributed by atoms with E-state index in [1.807, 2.05) is 0 Å². The van der Waals surface area contributed by atoms with Crippen LogP contribution in [-0.2, 0) is 10.9 Å². The second kappa shape index (κ2) is 5.26. The Bertz CT molecular complexity index is 607. The van der Waals surface area contributed by atoms with Gasteiger partial charge in [-0.05, 0) is 23.8 Å². The highest BCUT2D eigenvalue weighted by atomic mass is 19.4. The van der Waals surface area contributed by atoms with Crippen molar-refractivity contribution in [3.63, 3.8) is 0 Å². The predicted molar refractivity (Wildman–Crippen MR) is 63.2 cm³/mol. The highest BCUT2D eigenvalue weighted by Gasteiger charge is 2.34. The summed E-state index contributed by atoms with van der Waals surface area (Å²) in [6, 6.07) is 4.13. The first-order chi connectivity index (χ1) is 9.34. The predicted octanol–water partition coefficient (Wildman–Crippen LogP) is 3.48. The number of H-pyrrole nitrogens is 1. The SMILES string of the molecule is COC(O)c1[nH]ccc1-c1ccc(F)c(C(F)(F)F)c1. The fourth-order valence-corrected chi connectivity index (χ4v) is 1.87. The van der Waals surface area contributed by atoms with Gasteiger partial charge in [-0.25, -0.2) is 4.39 Å². The molecule has 0 aliphatic carbocycles. The van der Waals surface area contributed by atoms with Gasteiger partial charge in [-0.3, -0.25) is 0 Å². The van der Waals surface area contributed by atoms with Crippen LogP contribution in [0.2, 0.25) is 0 Å². The van der Waals surface area contributed by atoms with Crippen molar-refractivity contribution in [1.82, 2.24) is 4.98 Å². The van der Waals surface area contributed by atoms with Crippen LogP contribution in [0.5, 0.6) is 0 Å². The van der Waals surface area contributed by atoms with E-state index in [9.17, 15) is 22.7 Å².